The molecule has 2 aromatic heterocycles. The van der Waals surface area contributed by atoms with Crippen LogP contribution in [0.25, 0.3) is 11.0 Å². The summed E-state index contributed by atoms with van der Waals surface area (Å²) in [7, 11) is -1.26. The van der Waals surface area contributed by atoms with E-state index in [9.17, 15) is 13.2 Å². The van der Waals surface area contributed by atoms with Gasteiger partial charge >= 0.3 is 6.18 Å². The van der Waals surface area contributed by atoms with E-state index in [2.05, 4.69) is 29.9 Å². The van der Waals surface area contributed by atoms with Crippen LogP contribution in [0.15, 0.2) is 12.3 Å². The lowest BCUT2D eigenvalue weighted by Crippen LogP contribution is -2.22. The number of ether oxygens (including phenoxy) is 1. The minimum absolute atomic E-state index is 0.00989. The highest BCUT2D eigenvalue weighted by molar-refractivity contribution is 6.76. The molecule has 2 rings (SSSR count). The quantitative estimate of drug-likeness (QED) is 0.386. The second-order valence-corrected chi connectivity index (χ2v) is 13.1. The summed E-state index contributed by atoms with van der Waals surface area (Å²) in [4.78, 5) is 4.10. The summed E-state index contributed by atoms with van der Waals surface area (Å²) in [6.45, 7) is 9.45. The van der Waals surface area contributed by atoms with E-state index in [1.54, 1.807) is 0 Å². The molecule has 0 radical (unpaired) electrons. The Kier molecular flexibility index (Phi) is 6.06. The van der Waals surface area contributed by atoms with Gasteiger partial charge in [-0.2, -0.15) is 13.2 Å². The van der Waals surface area contributed by atoms with Gasteiger partial charge in [0, 0.05) is 33.1 Å². The van der Waals surface area contributed by atoms with Gasteiger partial charge in [-0.3, -0.25) is 0 Å². The first kappa shape index (κ1) is 20.1. The standard InChI is InChI=1S/C16H23ClF3N3OSi/c1-5-21-12-8-13(17)22-15-14(12)11(16(18,19)20)9-23(15)10-24-6-7-25(2,3)4/h8-9H,5-7,10H2,1-4H3,(H,21,22). The smallest absolute Gasteiger partial charge is 0.385 e. The van der Waals surface area contributed by atoms with Crippen molar-refractivity contribution in [2.24, 2.45) is 0 Å². The molecule has 0 fully saturated rings. The molecule has 0 aliphatic rings. The molecule has 0 aromatic carbocycles. The molecule has 1 N–H and O–H groups in total. The number of rotatable bonds is 7. The van der Waals surface area contributed by atoms with Gasteiger partial charge in [0.2, 0.25) is 0 Å². The van der Waals surface area contributed by atoms with Gasteiger partial charge in [0.25, 0.3) is 0 Å². The van der Waals surface area contributed by atoms with Crippen LogP contribution in [-0.4, -0.2) is 30.8 Å². The van der Waals surface area contributed by atoms with E-state index in [-0.39, 0.29) is 22.9 Å². The molecule has 2 heterocycles. The first-order valence-electron chi connectivity index (χ1n) is 8.11. The third kappa shape index (κ3) is 5.12. The Labute approximate surface area is 151 Å². The number of hydrogen-bond acceptors (Lipinski definition) is 3. The van der Waals surface area contributed by atoms with Gasteiger partial charge in [-0.15, -0.1) is 0 Å². The van der Waals surface area contributed by atoms with Gasteiger partial charge in [0.05, 0.1) is 10.9 Å². The van der Waals surface area contributed by atoms with Crippen molar-refractivity contribution in [3.05, 3.63) is 23.0 Å². The SMILES string of the molecule is CCNc1cc(Cl)nc2c1c(C(F)(F)F)cn2COCC[Si](C)(C)C. The number of aromatic nitrogens is 2. The summed E-state index contributed by atoms with van der Waals surface area (Å²) in [5, 5.41) is 3.09. The average Bonchev–Trinajstić information content (AvgIpc) is 2.82. The Balaban J connectivity index is 2.40. The number of nitrogens with zero attached hydrogens (tertiary/aromatic N) is 2. The molecule has 4 nitrogen and oxygen atoms in total. The number of nitrogens with one attached hydrogen (secondary N) is 1. The largest absolute Gasteiger partial charge is 0.418 e. The molecule has 0 spiro atoms. The van der Waals surface area contributed by atoms with Gasteiger partial charge in [-0.25, -0.2) is 4.98 Å². The molecule has 0 aliphatic carbocycles. The van der Waals surface area contributed by atoms with Crippen LogP contribution in [0.2, 0.25) is 30.8 Å². The minimum atomic E-state index is -4.48. The summed E-state index contributed by atoms with van der Waals surface area (Å²) in [5.74, 6) is 0. The summed E-state index contributed by atoms with van der Waals surface area (Å²) < 4.78 is 47.3. The molecule has 140 valence electrons. The lowest BCUT2D eigenvalue weighted by atomic mass is 10.2. The van der Waals surface area contributed by atoms with Crippen LogP contribution < -0.4 is 5.32 Å². The number of anilines is 1. The van der Waals surface area contributed by atoms with E-state index in [0.717, 1.165) is 12.2 Å². The van der Waals surface area contributed by atoms with Crippen molar-refractivity contribution in [2.45, 2.75) is 45.5 Å². The molecular weight excluding hydrogens is 371 g/mol. The van der Waals surface area contributed by atoms with Crippen LogP contribution in [0.4, 0.5) is 18.9 Å². The molecule has 0 amide bonds. The zero-order chi connectivity index (χ0) is 18.8. The number of hydrogen-bond donors (Lipinski definition) is 1. The number of halogens is 4. The number of pyridine rings is 1. The maximum atomic E-state index is 13.5. The number of alkyl halides is 3. The molecule has 25 heavy (non-hydrogen) atoms. The molecule has 9 heteroatoms. The normalized spacial score (nSPS) is 12.8. The van der Waals surface area contributed by atoms with Crippen LogP contribution >= 0.6 is 11.6 Å². The molecule has 2 aromatic rings. The Hall–Kier alpha value is -1.25. The highest BCUT2D eigenvalue weighted by atomic mass is 35.5. The maximum absolute atomic E-state index is 13.5. The molecular formula is C16H23ClF3N3OSi. The molecule has 0 saturated carbocycles. The average molecular weight is 394 g/mol. The Morgan fingerprint density at radius 1 is 1.32 bits per heavy atom. The molecule has 0 bridgehead atoms. The predicted octanol–water partition coefficient (Wildman–Crippen LogP) is 5.45. The van der Waals surface area contributed by atoms with Crippen molar-refractivity contribution in [3.63, 3.8) is 0 Å². The van der Waals surface area contributed by atoms with Crippen molar-refractivity contribution in [3.8, 4) is 0 Å². The third-order valence-corrected chi connectivity index (χ3v) is 5.59. The van der Waals surface area contributed by atoms with Gasteiger partial charge in [-0.05, 0) is 19.0 Å². The van der Waals surface area contributed by atoms with E-state index < -0.39 is 19.8 Å². The van der Waals surface area contributed by atoms with Crippen LogP contribution in [0.1, 0.15) is 12.5 Å². The second-order valence-electron chi connectivity index (χ2n) is 7.08. The first-order chi connectivity index (χ1) is 11.5. The van der Waals surface area contributed by atoms with Gasteiger partial charge < -0.3 is 14.6 Å². The summed E-state index contributed by atoms with van der Waals surface area (Å²) in [5.41, 5.74) is -0.245. The van der Waals surface area contributed by atoms with E-state index in [1.165, 1.54) is 10.6 Å². The van der Waals surface area contributed by atoms with Crippen LogP contribution in [-0.2, 0) is 17.6 Å². The lowest BCUT2D eigenvalue weighted by Gasteiger charge is -2.15. The van der Waals surface area contributed by atoms with Crippen molar-refractivity contribution in [1.29, 1.82) is 0 Å². The van der Waals surface area contributed by atoms with Crippen molar-refractivity contribution in [2.75, 3.05) is 18.5 Å². The lowest BCUT2D eigenvalue weighted by molar-refractivity contribution is -0.136. The summed E-state index contributed by atoms with van der Waals surface area (Å²) in [6.07, 6.45) is -3.44. The van der Waals surface area contributed by atoms with Gasteiger partial charge in [0.1, 0.15) is 17.5 Å². The zero-order valence-corrected chi connectivity index (χ0v) is 16.6. The summed E-state index contributed by atoms with van der Waals surface area (Å²) >= 11 is 6.00. The van der Waals surface area contributed by atoms with Gasteiger partial charge in [-0.1, -0.05) is 31.2 Å². The van der Waals surface area contributed by atoms with Crippen molar-refractivity contribution < 1.29 is 17.9 Å². The molecule has 0 aliphatic heterocycles. The predicted molar refractivity (Wildman–Crippen MR) is 98.0 cm³/mol. The topological polar surface area (TPSA) is 39.1 Å². The van der Waals surface area contributed by atoms with Crippen LogP contribution in [0.3, 0.4) is 0 Å². The van der Waals surface area contributed by atoms with Crippen molar-refractivity contribution >= 4 is 36.4 Å². The van der Waals surface area contributed by atoms with E-state index >= 15 is 0 Å². The van der Waals surface area contributed by atoms with E-state index in [1.807, 2.05) is 6.92 Å². The Morgan fingerprint density at radius 3 is 2.56 bits per heavy atom. The van der Waals surface area contributed by atoms with Gasteiger partial charge in [0.15, 0.2) is 0 Å². The fourth-order valence-corrected chi connectivity index (χ4v) is 3.39. The van der Waals surface area contributed by atoms with Crippen LogP contribution in [0.5, 0.6) is 0 Å². The highest BCUT2D eigenvalue weighted by Crippen LogP contribution is 2.39. The first-order valence-corrected chi connectivity index (χ1v) is 12.2. The van der Waals surface area contributed by atoms with Crippen molar-refractivity contribution in [1.82, 2.24) is 9.55 Å². The van der Waals surface area contributed by atoms with E-state index in [4.69, 9.17) is 16.3 Å². The monoisotopic (exact) mass is 393 g/mol. The molecule has 0 unspecified atom stereocenters. The summed E-state index contributed by atoms with van der Waals surface area (Å²) in [6, 6.07) is 2.36. The molecule has 0 saturated heterocycles. The Morgan fingerprint density at radius 2 is 2.00 bits per heavy atom. The fraction of sp³-hybridized carbons (Fsp3) is 0.562. The molecule has 0 atom stereocenters. The fourth-order valence-electron chi connectivity index (χ4n) is 2.44. The zero-order valence-electron chi connectivity index (χ0n) is 14.8. The number of fused-ring (bicyclic) bond motifs is 1. The van der Waals surface area contributed by atoms with Crippen LogP contribution in [0, 0.1) is 0 Å². The maximum Gasteiger partial charge on any atom is 0.418 e. The minimum Gasteiger partial charge on any atom is -0.385 e. The second kappa shape index (κ2) is 7.55. The Bertz CT molecular complexity index is 741. The third-order valence-electron chi connectivity index (χ3n) is 3.69. The van der Waals surface area contributed by atoms with E-state index in [0.29, 0.717) is 18.8 Å². The highest BCUT2D eigenvalue weighted by Gasteiger charge is 2.36.